The zero-order chi connectivity index (χ0) is 15.1. The Bertz CT molecular complexity index is 599. The molecule has 0 aromatic heterocycles. The number of nitrogens with one attached hydrogen (secondary N) is 1. The van der Waals surface area contributed by atoms with Crippen LogP contribution in [0.25, 0.3) is 0 Å². The number of hydrogen-bond acceptors (Lipinski definition) is 4. The first-order valence-corrected chi connectivity index (χ1v) is 7.64. The summed E-state index contributed by atoms with van der Waals surface area (Å²) in [5.74, 6) is 1.19. The maximum atomic E-state index is 11.8. The fraction of sp³-hybridized carbons (Fsp3) is 0.188. The molecule has 0 atom stereocenters. The van der Waals surface area contributed by atoms with Crippen LogP contribution in [0.3, 0.4) is 0 Å². The molecule has 0 bridgehead atoms. The van der Waals surface area contributed by atoms with Gasteiger partial charge >= 0.3 is 0 Å². The minimum absolute atomic E-state index is 0.0319. The fourth-order valence-electron chi connectivity index (χ4n) is 1.72. The maximum absolute atomic E-state index is 11.8. The number of amides is 1. The van der Waals surface area contributed by atoms with E-state index in [2.05, 4.69) is 5.32 Å². The zero-order valence-corrected chi connectivity index (χ0v) is 12.8. The van der Waals surface area contributed by atoms with E-state index in [1.807, 2.05) is 30.5 Å². The summed E-state index contributed by atoms with van der Waals surface area (Å²) in [6.45, 7) is -0.0319. The lowest BCUT2D eigenvalue weighted by molar-refractivity contribution is -0.118. The van der Waals surface area contributed by atoms with Gasteiger partial charge in [0.25, 0.3) is 5.91 Å². The summed E-state index contributed by atoms with van der Waals surface area (Å²) in [7, 11) is 1.60. The number of hydrogen-bond donors (Lipinski definition) is 1. The first kappa shape index (κ1) is 15.3. The molecule has 0 heterocycles. The highest BCUT2D eigenvalue weighted by molar-refractivity contribution is 7.98. The molecule has 5 heteroatoms. The van der Waals surface area contributed by atoms with Crippen LogP contribution in [0.5, 0.6) is 11.5 Å². The predicted molar refractivity (Wildman–Crippen MR) is 85.3 cm³/mol. The van der Waals surface area contributed by atoms with E-state index >= 15 is 0 Å². The van der Waals surface area contributed by atoms with Crippen molar-refractivity contribution in [3.05, 3.63) is 48.5 Å². The fourth-order valence-corrected chi connectivity index (χ4v) is 2.18. The third-order valence-electron chi connectivity index (χ3n) is 2.78. The minimum atomic E-state index is -0.191. The number of carbonyl (C=O) groups excluding carboxylic acids is 1. The summed E-state index contributed by atoms with van der Waals surface area (Å²) in [6, 6.07) is 14.8. The number of methoxy groups -OCH3 is 1. The Labute approximate surface area is 128 Å². The van der Waals surface area contributed by atoms with Crippen molar-refractivity contribution in [1.29, 1.82) is 0 Å². The molecule has 1 amide bonds. The number of carbonyl (C=O) groups is 1. The SMILES string of the molecule is COc1ccc(OCC(=O)Nc2cccc(SC)c2)cc1. The van der Waals surface area contributed by atoms with Gasteiger partial charge in [-0.15, -0.1) is 11.8 Å². The van der Waals surface area contributed by atoms with E-state index in [0.29, 0.717) is 5.75 Å². The van der Waals surface area contributed by atoms with Gasteiger partial charge in [-0.05, 0) is 48.7 Å². The summed E-state index contributed by atoms with van der Waals surface area (Å²) in [4.78, 5) is 12.9. The van der Waals surface area contributed by atoms with Crippen molar-refractivity contribution >= 4 is 23.4 Å². The number of thioether (sulfide) groups is 1. The molecule has 1 N–H and O–H groups in total. The van der Waals surface area contributed by atoms with Crippen molar-refractivity contribution in [1.82, 2.24) is 0 Å². The molecule has 0 aliphatic carbocycles. The third kappa shape index (κ3) is 4.72. The van der Waals surface area contributed by atoms with Gasteiger partial charge in [0, 0.05) is 10.6 Å². The van der Waals surface area contributed by atoms with Gasteiger partial charge in [0.2, 0.25) is 0 Å². The van der Waals surface area contributed by atoms with Crippen LogP contribution >= 0.6 is 11.8 Å². The van der Waals surface area contributed by atoms with E-state index < -0.39 is 0 Å². The van der Waals surface area contributed by atoms with Gasteiger partial charge in [-0.3, -0.25) is 4.79 Å². The molecule has 0 radical (unpaired) electrons. The first-order chi connectivity index (χ1) is 10.2. The first-order valence-electron chi connectivity index (χ1n) is 6.42. The van der Waals surface area contributed by atoms with Gasteiger partial charge in [-0.2, -0.15) is 0 Å². The van der Waals surface area contributed by atoms with Crippen LogP contribution in [-0.2, 0) is 4.79 Å². The molecule has 21 heavy (non-hydrogen) atoms. The predicted octanol–water partition coefficient (Wildman–Crippen LogP) is 3.43. The van der Waals surface area contributed by atoms with Gasteiger partial charge < -0.3 is 14.8 Å². The summed E-state index contributed by atoms with van der Waals surface area (Å²) in [5.41, 5.74) is 0.769. The molecule has 0 spiro atoms. The number of ether oxygens (including phenoxy) is 2. The van der Waals surface area contributed by atoms with Crippen molar-refractivity contribution in [2.75, 3.05) is 25.3 Å². The Balaban J connectivity index is 1.86. The standard InChI is InChI=1S/C16H17NO3S/c1-19-13-6-8-14(9-7-13)20-11-16(18)17-12-4-3-5-15(10-12)21-2/h3-10H,11H2,1-2H3,(H,17,18). The van der Waals surface area contributed by atoms with Crippen LogP contribution in [0.2, 0.25) is 0 Å². The Morgan fingerprint density at radius 3 is 2.52 bits per heavy atom. The minimum Gasteiger partial charge on any atom is -0.497 e. The van der Waals surface area contributed by atoms with Gasteiger partial charge in [0.1, 0.15) is 11.5 Å². The zero-order valence-electron chi connectivity index (χ0n) is 12.0. The van der Waals surface area contributed by atoms with Crippen LogP contribution in [0, 0.1) is 0 Å². The van der Waals surface area contributed by atoms with E-state index in [9.17, 15) is 4.79 Å². The Morgan fingerprint density at radius 2 is 1.86 bits per heavy atom. The lowest BCUT2D eigenvalue weighted by Gasteiger charge is -2.08. The second-order valence-corrected chi connectivity index (χ2v) is 5.12. The molecule has 0 fully saturated rings. The van der Waals surface area contributed by atoms with Crippen molar-refractivity contribution in [3.63, 3.8) is 0 Å². The molecular weight excluding hydrogens is 286 g/mol. The average molecular weight is 303 g/mol. The normalized spacial score (nSPS) is 10.0. The average Bonchev–Trinajstić information content (AvgIpc) is 2.53. The Morgan fingerprint density at radius 1 is 1.14 bits per heavy atom. The van der Waals surface area contributed by atoms with Crippen LogP contribution in [0.15, 0.2) is 53.4 Å². The van der Waals surface area contributed by atoms with E-state index in [-0.39, 0.29) is 12.5 Å². The van der Waals surface area contributed by atoms with Gasteiger partial charge in [0.05, 0.1) is 7.11 Å². The Kier molecular flexibility index (Phi) is 5.51. The highest BCUT2D eigenvalue weighted by Gasteiger charge is 2.04. The topological polar surface area (TPSA) is 47.6 Å². The molecule has 4 nitrogen and oxygen atoms in total. The number of rotatable bonds is 6. The quantitative estimate of drug-likeness (QED) is 0.831. The molecule has 0 aliphatic rings. The van der Waals surface area contributed by atoms with Gasteiger partial charge in [-0.25, -0.2) is 0 Å². The van der Waals surface area contributed by atoms with Gasteiger partial charge in [-0.1, -0.05) is 6.07 Å². The van der Waals surface area contributed by atoms with Crippen LogP contribution in [0.4, 0.5) is 5.69 Å². The highest BCUT2D eigenvalue weighted by Crippen LogP contribution is 2.19. The summed E-state index contributed by atoms with van der Waals surface area (Å²) in [5, 5.41) is 2.81. The van der Waals surface area contributed by atoms with Crippen molar-refractivity contribution < 1.29 is 14.3 Å². The largest absolute Gasteiger partial charge is 0.497 e. The van der Waals surface area contributed by atoms with E-state index in [1.54, 1.807) is 43.1 Å². The molecule has 0 unspecified atom stereocenters. The molecule has 0 aliphatic heterocycles. The van der Waals surface area contributed by atoms with Crippen LogP contribution in [0.1, 0.15) is 0 Å². The van der Waals surface area contributed by atoms with E-state index in [4.69, 9.17) is 9.47 Å². The summed E-state index contributed by atoms with van der Waals surface area (Å²) in [6.07, 6.45) is 1.99. The van der Waals surface area contributed by atoms with E-state index in [0.717, 1.165) is 16.3 Å². The third-order valence-corrected chi connectivity index (χ3v) is 3.51. The molecular formula is C16H17NO3S. The van der Waals surface area contributed by atoms with Crippen molar-refractivity contribution in [2.24, 2.45) is 0 Å². The molecule has 2 aromatic rings. The molecule has 110 valence electrons. The van der Waals surface area contributed by atoms with Crippen molar-refractivity contribution in [3.8, 4) is 11.5 Å². The van der Waals surface area contributed by atoms with Crippen LogP contribution < -0.4 is 14.8 Å². The monoisotopic (exact) mass is 303 g/mol. The molecule has 0 saturated heterocycles. The van der Waals surface area contributed by atoms with Crippen molar-refractivity contribution in [2.45, 2.75) is 4.90 Å². The smallest absolute Gasteiger partial charge is 0.262 e. The molecule has 2 rings (SSSR count). The molecule has 2 aromatic carbocycles. The lowest BCUT2D eigenvalue weighted by atomic mass is 10.3. The summed E-state index contributed by atoms with van der Waals surface area (Å²) >= 11 is 1.63. The maximum Gasteiger partial charge on any atom is 0.262 e. The van der Waals surface area contributed by atoms with Crippen LogP contribution in [-0.4, -0.2) is 25.9 Å². The second-order valence-electron chi connectivity index (χ2n) is 4.24. The lowest BCUT2D eigenvalue weighted by Crippen LogP contribution is -2.20. The van der Waals surface area contributed by atoms with E-state index in [1.165, 1.54) is 0 Å². The number of anilines is 1. The van der Waals surface area contributed by atoms with Gasteiger partial charge in [0.15, 0.2) is 6.61 Å². The number of benzene rings is 2. The second kappa shape index (κ2) is 7.59. The highest BCUT2D eigenvalue weighted by atomic mass is 32.2. The molecule has 0 saturated carbocycles. The summed E-state index contributed by atoms with van der Waals surface area (Å²) < 4.78 is 10.5. The Hall–Kier alpha value is -2.14.